The van der Waals surface area contributed by atoms with E-state index in [9.17, 15) is 4.79 Å². The SMILES string of the molecule is O=C(O)CN(CC1CC1)C1CC(NCc2ccc3c(c2)CCO3)C1. The van der Waals surface area contributed by atoms with E-state index in [4.69, 9.17) is 9.84 Å². The van der Waals surface area contributed by atoms with E-state index in [0.717, 1.165) is 50.6 Å². The molecule has 1 heterocycles. The summed E-state index contributed by atoms with van der Waals surface area (Å²) in [6, 6.07) is 7.40. The van der Waals surface area contributed by atoms with Gasteiger partial charge in [0.2, 0.25) is 0 Å². The molecule has 0 unspecified atom stereocenters. The van der Waals surface area contributed by atoms with Crippen molar-refractivity contribution in [2.75, 3.05) is 19.7 Å². The Hall–Kier alpha value is -1.59. The van der Waals surface area contributed by atoms with Gasteiger partial charge in [-0.25, -0.2) is 0 Å². The Morgan fingerprint density at radius 3 is 2.92 bits per heavy atom. The number of carboxylic acid groups (broad SMARTS) is 1. The van der Waals surface area contributed by atoms with Crippen molar-refractivity contribution in [2.24, 2.45) is 5.92 Å². The van der Waals surface area contributed by atoms with Crippen molar-refractivity contribution in [2.45, 2.75) is 50.7 Å². The smallest absolute Gasteiger partial charge is 0.317 e. The zero-order chi connectivity index (χ0) is 16.5. The van der Waals surface area contributed by atoms with Crippen LogP contribution in [-0.2, 0) is 17.8 Å². The van der Waals surface area contributed by atoms with Crippen molar-refractivity contribution < 1.29 is 14.6 Å². The molecule has 0 amide bonds. The van der Waals surface area contributed by atoms with Crippen molar-refractivity contribution >= 4 is 5.97 Å². The van der Waals surface area contributed by atoms with Gasteiger partial charge in [-0.1, -0.05) is 12.1 Å². The van der Waals surface area contributed by atoms with Crippen LogP contribution in [0, 0.1) is 5.92 Å². The van der Waals surface area contributed by atoms with E-state index < -0.39 is 5.97 Å². The van der Waals surface area contributed by atoms with Crippen molar-refractivity contribution in [1.82, 2.24) is 10.2 Å². The summed E-state index contributed by atoms with van der Waals surface area (Å²) in [4.78, 5) is 13.3. The molecule has 0 aromatic heterocycles. The van der Waals surface area contributed by atoms with Crippen LogP contribution in [0.2, 0.25) is 0 Å². The monoisotopic (exact) mass is 330 g/mol. The van der Waals surface area contributed by atoms with Gasteiger partial charge in [-0.3, -0.25) is 9.69 Å². The number of rotatable bonds is 8. The second-order valence-electron chi connectivity index (χ2n) is 7.51. The van der Waals surface area contributed by atoms with Crippen molar-refractivity contribution in [3.8, 4) is 5.75 Å². The molecular formula is C19H26N2O3. The fourth-order valence-corrected chi connectivity index (χ4v) is 3.81. The molecule has 130 valence electrons. The zero-order valence-electron chi connectivity index (χ0n) is 14.0. The Balaban J connectivity index is 1.24. The highest BCUT2D eigenvalue weighted by molar-refractivity contribution is 5.69. The lowest BCUT2D eigenvalue weighted by Gasteiger charge is -2.43. The van der Waals surface area contributed by atoms with Gasteiger partial charge in [0, 0.05) is 31.6 Å². The first kappa shape index (κ1) is 15.9. The lowest BCUT2D eigenvalue weighted by atomic mass is 9.85. The van der Waals surface area contributed by atoms with Crippen molar-refractivity contribution in [3.05, 3.63) is 29.3 Å². The van der Waals surface area contributed by atoms with E-state index in [1.807, 2.05) is 0 Å². The minimum absolute atomic E-state index is 0.193. The van der Waals surface area contributed by atoms with Crippen LogP contribution in [0.1, 0.15) is 36.8 Å². The highest BCUT2D eigenvalue weighted by atomic mass is 16.5. The largest absolute Gasteiger partial charge is 0.493 e. The van der Waals surface area contributed by atoms with Crippen LogP contribution in [0.25, 0.3) is 0 Å². The fraction of sp³-hybridized carbons (Fsp3) is 0.632. The van der Waals surface area contributed by atoms with Gasteiger partial charge in [-0.05, 0) is 48.8 Å². The Labute approximate surface area is 143 Å². The highest BCUT2D eigenvalue weighted by Crippen LogP contribution is 2.34. The van der Waals surface area contributed by atoms with Gasteiger partial charge in [0.25, 0.3) is 0 Å². The maximum atomic E-state index is 11.1. The third-order valence-corrected chi connectivity index (χ3v) is 5.51. The first-order valence-corrected chi connectivity index (χ1v) is 9.11. The maximum Gasteiger partial charge on any atom is 0.317 e. The summed E-state index contributed by atoms with van der Waals surface area (Å²) in [5.74, 6) is 1.07. The number of nitrogens with zero attached hydrogens (tertiary/aromatic N) is 1. The molecule has 1 aliphatic heterocycles. The van der Waals surface area contributed by atoms with Crippen LogP contribution in [0.15, 0.2) is 18.2 Å². The average molecular weight is 330 g/mol. The first-order chi connectivity index (χ1) is 11.7. The molecular weight excluding hydrogens is 304 g/mol. The second-order valence-corrected chi connectivity index (χ2v) is 7.51. The van der Waals surface area contributed by atoms with E-state index in [-0.39, 0.29) is 6.54 Å². The van der Waals surface area contributed by atoms with Crippen LogP contribution in [-0.4, -0.2) is 47.8 Å². The molecule has 0 radical (unpaired) electrons. The number of benzene rings is 1. The normalized spacial score (nSPS) is 25.2. The van der Waals surface area contributed by atoms with Gasteiger partial charge in [-0.2, -0.15) is 0 Å². The van der Waals surface area contributed by atoms with E-state index in [1.165, 1.54) is 24.0 Å². The molecule has 0 saturated heterocycles. The molecule has 24 heavy (non-hydrogen) atoms. The van der Waals surface area contributed by atoms with Crippen molar-refractivity contribution in [3.63, 3.8) is 0 Å². The molecule has 3 aliphatic rings. The number of ether oxygens (including phenoxy) is 1. The molecule has 4 rings (SSSR count). The van der Waals surface area contributed by atoms with Crippen LogP contribution in [0.5, 0.6) is 5.75 Å². The van der Waals surface area contributed by atoms with Gasteiger partial charge in [0.15, 0.2) is 0 Å². The van der Waals surface area contributed by atoms with E-state index in [2.05, 4.69) is 28.4 Å². The van der Waals surface area contributed by atoms with Gasteiger partial charge < -0.3 is 15.2 Å². The second kappa shape index (κ2) is 6.73. The summed E-state index contributed by atoms with van der Waals surface area (Å²) in [5.41, 5.74) is 2.63. The quantitative estimate of drug-likeness (QED) is 0.764. The number of hydrogen-bond donors (Lipinski definition) is 2. The van der Waals surface area contributed by atoms with Crippen LogP contribution in [0.3, 0.4) is 0 Å². The summed E-state index contributed by atoms with van der Waals surface area (Å²) >= 11 is 0. The van der Waals surface area contributed by atoms with E-state index in [1.54, 1.807) is 0 Å². The van der Waals surface area contributed by atoms with Gasteiger partial charge in [-0.15, -0.1) is 0 Å². The molecule has 5 heteroatoms. The summed E-state index contributed by atoms with van der Waals surface area (Å²) in [5, 5.41) is 12.7. The van der Waals surface area contributed by atoms with Crippen LogP contribution < -0.4 is 10.1 Å². The van der Waals surface area contributed by atoms with Gasteiger partial charge >= 0.3 is 5.97 Å². The van der Waals surface area contributed by atoms with Gasteiger partial charge in [0.1, 0.15) is 5.75 Å². The average Bonchev–Trinajstić information content (AvgIpc) is 3.19. The Morgan fingerprint density at radius 1 is 1.33 bits per heavy atom. The minimum Gasteiger partial charge on any atom is -0.493 e. The number of fused-ring (bicyclic) bond motifs is 1. The van der Waals surface area contributed by atoms with Crippen molar-refractivity contribution in [1.29, 1.82) is 0 Å². The molecule has 2 N–H and O–H groups in total. The van der Waals surface area contributed by atoms with E-state index >= 15 is 0 Å². The number of nitrogens with one attached hydrogen (secondary N) is 1. The lowest BCUT2D eigenvalue weighted by Crippen LogP contribution is -2.54. The summed E-state index contributed by atoms with van der Waals surface area (Å²) in [6.45, 7) is 2.84. The molecule has 2 fully saturated rings. The standard InChI is InChI=1S/C19H26N2O3/c22-19(23)12-21(11-13-1-2-13)17-8-16(9-17)20-10-14-3-4-18-15(7-14)5-6-24-18/h3-4,7,13,16-17,20H,1-2,5-6,8-12H2,(H,22,23). The first-order valence-electron chi connectivity index (χ1n) is 9.11. The Kier molecular flexibility index (Phi) is 4.46. The summed E-state index contributed by atoms with van der Waals surface area (Å²) in [7, 11) is 0. The van der Waals surface area contributed by atoms with Crippen LogP contribution >= 0.6 is 0 Å². The molecule has 1 aromatic carbocycles. The molecule has 0 bridgehead atoms. The predicted octanol–water partition coefficient (Wildman–Crippen LogP) is 2.04. The topological polar surface area (TPSA) is 61.8 Å². The number of carboxylic acids is 1. The predicted molar refractivity (Wildman–Crippen MR) is 91.2 cm³/mol. The van der Waals surface area contributed by atoms with E-state index in [0.29, 0.717) is 12.1 Å². The minimum atomic E-state index is -0.701. The Bertz CT molecular complexity index is 609. The third-order valence-electron chi connectivity index (χ3n) is 5.51. The molecule has 0 atom stereocenters. The Morgan fingerprint density at radius 2 is 2.17 bits per heavy atom. The number of carbonyl (C=O) groups is 1. The summed E-state index contributed by atoms with van der Waals surface area (Å²) < 4.78 is 5.55. The molecule has 2 saturated carbocycles. The third kappa shape index (κ3) is 3.73. The molecule has 0 spiro atoms. The zero-order valence-corrected chi connectivity index (χ0v) is 14.0. The maximum absolute atomic E-state index is 11.1. The fourth-order valence-electron chi connectivity index (χ4n) is 3.81. The number of hydrogen-bond acceptors (Lipinski definition) is 4. The van der Waals surface area contributed by atoms with Gasteiger partial charge in [0.05, 0.1) is 13.2 Å². The number of aliphatic carboxylic acids is 1. The molecule has 1 aromatic rings. The van der Waals surface area contributed by atoms with Crippen LogP contribution in [0.4, 0.5) is 0 Å². The molecule has 5 nitrogen and oxygen atoms in total. The summed E-state index contributed by atoms with van der Waals surface area (Å²) in [6.07, 6.45) is 5.68. The lowest BCUT2D eigenvalue weighted by molar-refractivity contribution is -0.139. The highest BCUT2D eigenvalue weighted by Gasteiger charge is 2.36. The molecule has 2 aliphatic carbocycles.